The van der Waals surface area contributed by atoms with Gasteiger partial charge >= 0.3 is 0 Å². The van der Waals surface area contributed by atoms with E-state index in [0.717, 1.165) is 15.4 Å². The summed E-state index contributed by atoms with van der Waals surface area (Å²) in [6.07, 6.45) is 0. The number of carbonyl (C=O) groups is 1. The van der Waals surface area contributed by atoms with Gasteiger partial charge in [0, 0.05) is 16.8 Å². The van der Waals surface area contributed by atoms with Crippen LogP contribution in [-0.4, -0.2) is 35.1 Å². The van der Waals surface area contributed by atoms with E-state index in [-0.39, 0.29) is 10.6 Å². The van der Waals surface area contributed by atoms with E-state index in [2.05, 4.69) is 5.32 Å². The summed E-state index contributed by atoms with van der Waals surface area (Å²) in [5.74, 6) is 0.170. The number of nitrogens with one attached hydrogen (secondary N) is 1. The van der Waals surface area contributed by atoms with Crippen LogP contribution in [0, 0.1) is 13.8 Å². The minimum atomic E-state index is -4.14. The standard InChI is InChI=1S/C24H25ClN2O5S/c1-16-6-5-7-17(2)24(16)26-23(28)15-27(19-10-8-18(25)9-11-19)33(29,30)20-12-13-21(31-3)22(14-20)32-4/h5-14H,15H2,1-4H3,(H,26,28). The van der Waals surface area contributed by atoms with Crippen molar-refractivity contribution < 1.29 is 22.7 Å². The van der Waals surface area contributed by atoms with Gasteiger partial charge in [-0.1, -0.05) is 29.8 Å². The molecule has 0 fully saturated rings. The van der Waals surface area contributed by atoms with E-state index in [1.807, 2.05) is 32.0 Å². The molecule has 0 atom stereocenters. The van der Waals surface area contributed by atoms with Gasteiger partial charge in [0.1, 0.15) is 6.54 Å². The molecule has 0 aromatic heterocycles. The van der Waals surface area contributed by atoms with Crippen LogP contribution >= 0.6 is 11.6 Å². The first kappa shape index (κ1) is 24.4. The van der Waals surface area contributed by atoms with Crippen LogP contribution in [0.2, 0.25) is 5.02 Å². The van der Waals surface area contributed by atoms with Gasteiger partial charge in [0.05, 0.1) is 24.8 Å². The zero-order valence-electron chi connectivity index (χ0n) is 18.8. The molecule has 0 aliphatic carbocycles. The molecule has 1 amide bonds. The molecule has 3 rings (SSSR count). The number of amides is 1. The Hall–Kier alpha value is -3.23. The monoisotopic (exact) mass is 488 g/mol. The minimum Gasteiger partial charge on any atom is -0.493 e. The highest BCUT2D eigenvalue weighted by molar-refractivity contribution is 7.92. The van der Waals surface area contributed by atoms with E-state index in [9.17, 15) is 13.2 Å². The van der Waals surface area contributed by atoms with Crippen molar-refractivity contribution in [2.24, 2.45) is 0 Å². The van der Waals surface area contributed by atoms with Crippen LogP contribution in [0.1, 0.15) is 11.1 Å². The third-order valence-electron chi connectivity index (χ3n) is 5.09. The van der Waals surface area contributed by atoms with Gasteiger partial charge in [0.25, 0.3) is 10.0 Å². The van der Waals surface area contributed by atoms with E-state index >= 15 is 0 Å². The molecule has 0 spiro atoms. The molecule has 1 N–H and O–H groups in total. The molecular weight excluding hydrogens is 464 g/mol. The maximum Gasteiger partial charge on any atom is 0.264 e. The molecule has 0 saturated carbocycles. The van der Waals surface area contributed by atoms with Crippen LogP contribution in [-0.2, 0) is 14.8 Å². The quantitative estimate of drug-likeness (QED) is 0.492. The van der Waals surface area contributed by atoms with E-state index in [1.165, 1.54) is 32.4 Å². The zero-order valence-corrected chi connectivity index (χ0v) is 20.3. The molecule has 3 aromatic rings. The molecule has 0 bridgehead atoms. The van der Waals surface area contributed by atoms with Gasteiger partial charge in [-0.2, -0.15) is 0 Å². The Labute approximate surface area is 198 Å². The third kappa shape index (κ3) is 5.40. The maximum absolute atomic E-state index is 13.6. The predicted molar refractivity (Wildman–Crippen MR) is 130 cm³/mol. The first-order valence-electron chi connectivity index (χ1n) is 10.0. The first-order chi connectivity index (χ1) is 15.7. The number of rotatable bonds is 8. The fraction of sp³-hybridized carbons (Fsp3) is 0.208. The van der Waals surface area contributed by atoms with Crippen molar-refractivity contribution in [3.63, 3.8) is 0 Å². The van der Waals surface area contributed by atoms with Crippen molar-refractivity contribution in [3.05, 3.63) is 76.8 Å². The van der Waals surface area contributed by atoms with Crippen molar-refractivity contribution in [1.82, 2.24) is 0 Å². The van der Waals surface area contributed by atoms with E-state index in [0.29, 0.717) is 22.1 Å². The molecule has 0 heterocycles. The van der Waals surface area contributed by atoms with Gasteiger partial charge in [-0.3, -0.25) is 9.10 Å². The van der Waals surface area contributed by atoms with Crippen LogP contribution in [0.5, 0.6) is 11.5 Å². The van der Waals surface area contributed by atoms with E-state index < -0.39 is 22.5 Å². The fourth-order valence-electron chi connectivity index (χ4n) is 3.35. The number of nitrogens with zero attached hydrogens (tertiary/aromatic N) is 1. The maximum atomic E-state index is 13.6. The first-order valence-corrected chi connectivity index (χ1v) is 11.9. The summed E-state index contributed by atoms with van der Waals surface area (Å²) in [5.41, 5.74) is 2.71. The van der Waals surface area contributed by atoms with Crippen molar-refractivity contribution in [3.8, 4) is 11.5 Å². The number of carbonyl (C=O) groups excluding carboxylic acids is 1. The number of halogens is 1. The Morgan fingerprint density at radius 1 is 0.939 bits per heavy atom. The number of hydrogen-bond acceptors (Lipinski definition) is 5. The van der Waals surface area contributed by atoms with Crippen molar-refractivity contribution in [2.75, 3.05) is 30.4 Å². The second kappa shape index (κ2) is 10.1. The highest BCUT2D eigenvalue weighted by Crippen LogP contribution is 2.32. The van der Waals surface area contributed by atoms with E-state index in [4.69, 9.17) is 21.1 Å². The number of anilines is 2. The number of para-hydroxylation sites is 1. The van der Waals surface area contributed by atoms with Gasteiger partial charge in [0.15, 0.2) is 11.5 Å². The molecule has 3 aromatic carbocycles. The second-order valence-electron chi connectivity index (χ2n) is 7.32. The Kier molecular flexibility index (Phi) is 7.50. The van der Waals surface area contributed by atoms with Gasteiger partial charge in [-0.05, 0) is 61.4 Å². The molecule has 0 aliphatic rings. The molecule has 174 valence electrons. The molecule has 0 radical (unpaired) electrons. The number of methoxy groups -OCH3 is 2. The highest BCUT2D eigenvalue weighted by Gasteiger charge is 2.28. The number of benzene rings is 3. The zero-order chi connectivity index (χ0) is 24.2. The Morgan fingerprint density at radius 2 is 1.55 bits per heavy atom. The summed E-state index contributed by atoms with van der Waals surface area (Å²) in [5, 5.41) is 3.29. The van der Waals surface area contributed by atoms with Gasteiger partial charge in [0.2, 0.25) is 5.91 Å². The van der Waals surface area contributed by atoms with Crippen LogP contribution in [0.4, 0.5) is 11.4 Å². The molecule has 0 aliphatic heterocycles. The summed E-state index contributed by atoms with van der Waals surface area (Å²) in [4.78, 5) is 12.9. The predicted octanol–water partition coefficient (Wildman–Crippen LogP) is 4.81. The minimum absolute atomic E-state index is 0.0463. The van der Waals surface area contributed by atoms with Gasteiger partial charge < -0.3 is 14.8 Å². The van der Waals surface area contributed by atoms with Crippen molar-refractivity contribution >= 4 is 38.9 Å². The molecular formula is C24H25ClN2O5S. The number of hydrogen-bond donors (Lipinski definition) is 1. The summed E-state index contributed by atoms with van der Waals surface area (Å²) in [7, 11) is -1.26. The van der Waals surface area contributed by atoms with Crippen LogP contribution in [0.15, 0.2) is 65.6 Å². The summed E-state index contributed by atoms with van der Waals surface area (Å²) >= 11 is 5.99. The number of aryl methyl sites for hydroxylation is 2. The highest BCUT2D eigenvalue weighted by atomic mass is 35.5. The van der Waals surface area contributed by atoms with E-state index in [1.54, 1.807) is 24.3 Å². The van der Waals surface area contributed by atoms with Crippen molar-refractivity contribution in [1.29, 1.82) is 0 Å². The van der Waals surface area contributed by atoms with Gasteiger partial charge in [-0.15, -0.1) is 0 Å². The Morgan fingerprint density at radius 3 is 2.12 bits per heavy atom. The number of ether oxygens (including phenoxy) is 2. The smallest absolute Gasteiger partial charge is 0.264 e. The summed E-state index contributed by atoms with van der Waals surface area (Å²) < 4.78 is 38.7. The molecule has 7 nitrogen and oxygen atoms in total. The van der Waals surface area contributed by atoms with Crippen LogP contribution < -0.4 is 19.1 Å². The summed E-state index contributed by atoms with van der Waals surface area (Å²) in [6.45, 7) is 3.31. The average Bonchev–Trinajstić information content (AvgIpc) is 2.80. The normalized spacial score (nSPS) is 11.1. The Bertz CT molecular complexity index is 1240. The lowest BCUT2D eigenvalue weighted by molar-refractivity contribution is -0.114. The average molecular weight is 489 g/mol. The fourth-order valence-corrected chi connectivity index (χ4v) is 4.91. The second-order valence-corrected chi connectivity index (χ2v) is 9.62. The molecule has 33 heavy (non-hydrogen) atoms. The van der Waals surface area contributed by atoms with Gasteiger partial charge in [-0.25, -0.2) is 8.42 Å². The van der Waals surface area contributed by atoms with Crippen molar-refractivity contribution in [2.45, 2.75) is 18.7 Å². The topological polar surface area (TPSA) is 84.9 Å². The lowest BCUT2D eigenvalue weighted by atomic mass is 10.1. The lowest BCUT2D eigenvalue weighted by Gasteiger charge is -2.25. The Balaban J connectivity index is 2.01. The third-order valence-corrected chi connectivity index (χ3v) is 7.11. The SMILES string of the molecule is COc1ccc(S(=O)(=O)N(CC(=O)Nc2c(C)cccc2C)c2ccc(Cl)cc2)cc1OC. The van der Waals surface area contributed by atoms with Crippen LogP contribution in [0.25, 0.3) is 0 Å². The lowest BCUT2D eigenvalue weighted by Crippen LogP contribution is -2.38. The largest absolute Gasteiger partial charge is 0.493 e. The van der Waals surface area contributed by atoms with Crippen LogP contribution in [0.3, 0.4) is 0 Å². The molecule has 0 saturated heterocycles. The molecule has 0 unspecified atom stereocenters. The molecule has 9 heteroatoms. The number of sulfonamides is 1. The summed E-state index contributed by atoms with van der Waals surface area (Å²) in [6, 6.07) is 16.1.